The molecule has 0 bridgehead atoms. The number of ketones is 1. The predicted octanol–water partition coefficient (Wildman–Crippen LogP) is 2.57. The number of nitrogens with zero attached hydrogens (tertiary/aromatic N) is 1. The van der Waals surface area contributed by atoms with Gasteiger partial charge in [0.05, 0.1) is 11.4 Å². The van der Waals surface area contributed by atoms with Crippen molar-refractivity contribution in [1.29, 1.82) is 0 Å². The first-order valence-corrected chi connectivity index (χ1v) is 7.21. The number of aromatic nitrogens is 1. The van der Waals surface area contributed by atoms with Crippen LogP contribution < -0.4 is 5.32 Å². The topological polar surface area (TPSA) is 42.0 Å². The van der Waals surface area contributed by atoms with E-state index >= 15 is 0 Å². The zero-order valence-electron chi connectivity index (χ0n) is 10.4. The minimum absolute atomic E-state index is 0.0621. The van der Waals surface area contributed by atoms with Crippen LogP contribution in [0, 0.1) is 0 Å². The average Bonchev–Trinajstić information content (AvgIpc) is 2.83. The van der Waals surface area contributed by atoms with Gasteiger partial charge in [-0.25, -0.2) is 4.98 Å². The molecule has 0 spiro atoms. The summed E-state index contributed by atoms with van der Waals surface area (Å²) in [6, 6.07) is 0. The van der Waals surface area contributed by atoms with Crippen LogP contribution in [0.4, 0.5) is 0 Å². The van der Waals surface area contributed by atoms with E-state index in [1.165, 1.54) is 19.3 Å². The van der Waals surface area contributed by atoms with Crippen LogP contribution >= 0.6 is 11.3 Å². The van der Waals surface area contributed by atoms with Crippen LogP contribution in [0.2, 0.25) is 0 Å². The molecule has 94 valence electrons. The predicted molar refractivity (Wildman–Crippen MR) is 70.3 cm³/mol. The summed E-state index contributed by atoms with van der Waals surface area (Å²) >= 11 is 1.57. The zero-order chi connectivity index (χ0) is 12.1. The smallest absolute Gasteiger partial charge is 0.141 e. The summed E-state index contributed by atoms with van der Waals surface area (Å²) in [5, 5.41) is 6.26. The highest BCUT2D eigenvalue weighted by molar-refractivity contribution is 7.09. The van der Waals surface area contributed by atoms with Gasteiger partial charge in [0, 0.05) is 23.5 Å². The van der Waals surface area contributed by atoms with Gasteiger partial charge in [0.1, 0.15) is 5.78 Å². The Hall–Kier alpha value is -0.740. The zero-order valence-corrected chi connectivity index (χ0v) is 11.2. The first kappa shape index (κ1) is 12.7. The number of thiazole rings is 1. The highest BCUT2D eigenvalue weighted by Gasteiger charge is 2.32. The van der Waals surface area contributed by atoms with Crippen LogP contribution in [0.3, 0.4) is 0 Å². The van der Waals surface area contributed by atoms with E-state index < -0.39 is 0 Å². The average molecular weight is 252 g/mol. The molecule has 1 aliphatic carbocycles. The van der Waals surface area contributed by atoms with Crippen LogP contribution in [0.25, 0.3) is 0 Å². The Morgan fingerprint density at radius 1 is 1.47 bits per heavy atom. The third kappa shape index (κ3) is 3.36. The van der Waals surface area contributed by atoms with Crippen molar-refractivity contribution in [1.82, 2.24) is 10.3 Å². The summed E-state index contributed by atoms with van der Waals surface area (Å²) in [6.07, 6.45) is 8.98. The van der Waals surface area contributed by atoms with Gasteiger partial charge in [0.15, 0.2) is 0 Å². The van der Waals surface area contributed by atoms with Crippen LogP contribution in [0.1, 0.15) is 43.5 Å². The summed E-state index contributed by atoms with van der Waals surface area (Å²) < 4.78 is 0. The SMILES string of the molecule is CNC1(CC(=O)Cc2nccs2)CCCCC1. The molecule has 1 saturated carbocycles. The largest absolute Gasteiger partial charge is 0.314 e. The maximum atomic E-state index is 12.1. The molecule has 0 atom stereocenters. The second-order valence-electron chi connectivity index (χ2n) is 4.91. The van der Waals surface area contributed by atoms with Crippen LogP contribution in [0.5, 0.6) is 0 Å². The lowest BCUT2D eigenvalue weighted by Gasteiger charge is -2.36. The molecular weight excluding hydrogens is 232 g/mol. The number of hydrogen-bond donors (Lipinski definition) is 1. The maximum Gasteiger partial charge on any atom is 0.141 e. The summed E-state index contributed by atoms with van der Waals surface area (Å²) in [5.74, 6) is 0.316. The van der Waals surface area contributed by atoms with Crippen LogP contribution in [-0.4, -0.2) is 23.4 Å². The van der Waals surface area contributed by atoms with Gasteiger partial charge in [0.25, 0.3) is 0 Å². The molecule has 1 heterocycles. The molecule has 1 aromatic rings. The molecule has 0 aliphatic heterocycles. The fraction of sp³-hybridized carbons (Fsp3) is 0.692. The van der Waals surface area contributed by atoms with Gasteiger partial charge in [0.2, 0.25) is 0 Å². The van der Waals surface area contributed by atoms with Gasteiger partial charge in [-0.2, -0.15) is 0 Å². The molecule has 0 radical (unpaired) electrons. The normalized spacial score (nSPS) is 19.1. The summed E-state index contributed by atoms with van der Waals surface area (Å²) in [5.41, 5.74) is 0.0621. The fourth-order valence-electron chi connectivity index (χ4n) is 2.69. The second-order valence-corrected chi connectivity index (χ2v) is 5.89. The Morgan fingerprint density at radius 2 is 2.24 bits per heavy atom. The first-order chi connectivity index (χ1) is 8.24. The van der Waals surface area contributed by atoms with Crippen molar-refractivity contribution in [2.24, 2.45) is 0 Å². The third-order valence-electron chi connectivity index (χ3n) is 3.71. The summed E-state index contributed by atoms with van der Waals surface area (Å²) in [7, 11) is 1.99. The van der Waals surface area contributed by atoms with Gasteiger partial charge in [-0.15, -0.1) is 11.3 Å². The van der Waals surface area contributed by atoms with Crippen molar-refractivity contribution in [3.63, 3.8) is 0 Å². The van der Waals surface area contributed by atoms with E-state index in [9.17, 15) is 4.79 Å². The number of Topliss-reactive ketones (excluding diaryl/α,β-unsaturated/α-hetero) is 1. The molecule has 1 fully saturated rings. The molecule has 0 amide bonds. The quantitative estimate of drug-likeness (QED) is 0.875. The Balaban J connectivity index is 1.91. The standard InChI is InChI=1S/C13H20N2OS/c1-14-13(5-3-2-4-6-13)10-11(16)9-12-15-7-8-17-12/h7-8,14H,2-6,9-10H2,1H3. The Kier molecular flexibility index (Phi) is 4.29. The van der Waals surface area contributed by atoms with Crippen LogP contribution in [-0.2, 0) is 11.2 Å². The lowest BCUT2D eigenvalue weighted by atomic mass is 9.78. The number of carbonyl (C=O) groups excluding carboxylic acids is 1. The van der Waals surface area contributed by atoms with Crippen molar-refractivity contribution in [3.05, 3.63) is 16.6 Å². The van der Waals surface area contributed by atoms with Gasteiger partial charge in [-0.05, 0) is 19.9 Å². The molecule has 3 nitrogen and oxygen atoms in total. The monoisotopic (exact) mass is 252 g/mol. The second kappa shape index (κ2) is 5.74. The van der Waals surface area contributed by atoms with Crippen molar-refractivity contribution in [2.45, 2.75) is 50.5 Å². The summed E-state index contributed by atoms with van der Waals surface area (Å²) in [4.78, 5) is 16.2. The van der Waals surface area contributed by atoms with Crippen molar-refractivity contribution in [3.8, 4) is 0 Å². The third-order valence-corrected chi connectivity index (χ3v) is 4.49. The van der Waals surface area contributed by atoms with Gasteiger partial charge in [-0.3, -0.25) is 4.79 Å². The van der Waals surface area contributed by atoms with Crippen molar-refractivity contribution < 1.29 is 4.79 Å². The minimum atomic E-state index is 0.0621. The van der Waals surface area contributed by atoms with E-state index in [4.69, 9.17) is 0 Å². The van der Waals surface area contributed by atoms with Crippen LogP contribution in [0.15, 0.2) is 11.6 Å². The van der Waals surface area contributed by atoms with Gasteiger partial charge < -0.3 is 5.32 Å². The molecule has 1 aromatic heterocycles. The Morgan fingerprint density at radius 3 is 2.82 bits per heavy atom. The number of hydrogen-bond acceptors (Lipinski definition) is 4. The molecule has 1 aliphatic rings. The lowest BCUT2D eigenvalue weighted by Crippen LogP contribution is -2.46. The van der Waals surface area contributed by atoms with E-state index in [0.29, 0.717) is 18.6 Å². The lowest BCUT2D eigenvalue weighted by molar-refractivity contribution is -0.120. The minimum Gasteiger partial charge on any atom is -0.314 e. The number of rotatable bonds is 5. The van der Waals surface area contributed by atoms with E-state index in [0.717, 1.165) is 17.8 Å². The van der Waals surface area contributed by atoms with E-state index in [-0.39, 0.29) is 5.54 Å². The van der Waals surface area contributed by atoms with E-state index in [1.807, 2.05) is 12.4 Å². The molecule has 0 saturated heterocycles. The summed E-state index contributed by atoms with van der Waals surface area (Å²) in [6.45, 7) is 0. The molecule has 0 unspecified atom stereocenters. The highest BCUT2D eigenvalue weighted by atomic mass is 32.1. The molecule has 2 rings (SSSR count). The van der Waals surface area contributed by atoms with Crippen molar-refractivity contribution >= 4 is 17.1 Å². The maximum absolute atomic E-state index is 12.1. The highest BCUT2D eigenvalue weighted by Crippen LogP contribution is 2.31. The van der Waals surface area contributed by atoms with Crippen molar-refractivity contribution in [2.75, 3.05) is 7.05 Å². The molecule has 4 heteroatoms. The van der Waals surface area contributed by atoms with E-state index in [1.54, 1.807) is 17.5 Å². The molecule has 1 N–H and O–H groups in total. The first-order valence-electron chi connectivity index (χ1n) is 6.33. The number of carbonyl (C=O) groups is 1. The van der Waals surface area contributed by atoms with E-state index in [2.05, 4.69) is 10.3 Å². The van der Waals surface area contributed by atoms with Gasteiger partial charge in [-0.1, -0.05) is 19.3 Å². The fourth-order valence-corrected chi connectivity index (χ4v) is 3.34. The van der Waals surface area contributed by atoms with Gasteiger partial charge >= 0.3 is 0 Å². The molecular formula is C13H20N2OS. The Labute approximate surface area is 107 Å². The molecule has 0 aromatic carbocycles. The Bertz CT molecular complexity index is 356. The molecule has 17 heavy (non-hydrogen) atoms. The number of nitrogens with one attached hydrogen (secondary N) is 1.